The number of fused-ring (bicyclic) bond motifs is 1. The predicted octanol–water partition coefficient (Wildman–Crippen LogP) is 2.29. The fourth-order valence-corrected chi connectivity index (χ4v) is 1.32. The summed E-state index contributed by atoms with van der Waals surface area (Å²) >= 11 is 0. The van der Waals surface area contributed by atoms with Crippen molar-refractivity contribution in [3.05, 3.63) is 42.1 Å². The van der Waals surface area contributed by atoms with Gasteiger partial charge in [0.2, 0.25) is 0 Å². The van der Waals surface area contributed by atoms with Gasteiger partial charge in [-0.15, -0.1) is 0 Å². The zero-order valence-corrected chi connectivity index (χ0v) is 7.44. The predicted molar refractivity (Wildman–Crippen MR) is 52.4 cm³/mol. The lowest BCUT2D eigenvalue weighted by atomic mass is 10.1. The third-order valence-electron chi connectivity index (χ3n) is 2.09. The Balaban J connectivity index is 2.62. The maximum atomic E-state index is 9.34. The Hall–Kier alpha value is -1.41. The molecule has 0 aliphatic carbocycles. The molecule has 13 heavy (non-hydrogen) atoms. The molecule has 1 aromatic heterocycles. The molecule has 0 saturated heterocycles. The van der Waals surface area contributed by atoms with Gasteiger partial charge in [0.05, 0.1) is 11.6 Å². The maximum absolute atomic E-state index is 9.34. The Kier molecular flexibility index (Phi) is 1.99. The van der Waals surface area contributed by atoms with Crippen LogP contribution < -0.4 is 0 Å². The van der Waals surface area contributed by atoms with Crippen LogP contribution in [-0.4, -0.2) is 10.1 Å². The van der Waals surface area contributed by atoms with Crippen LogP contribution in [0.4, 0.5) is 0 Å². The highest BCUT2D eigenvalue weighted by Crippen LogP contribution is 2.17. The van der Waals surface area contributed by atoms with Crippen LogP contribution in [0.2, 0.25) is 0 Å². The fraction of sp³-hybridized carbons (Fsp3) is 0.182. The third kappa shape index (κ3) is 1.53. The average Bonchev–Trinajstić information content (AvgIpc) is 2.17. The van der Waals surface area contributed by atoms with Crippen molar-refractivity contribution >= 4 is 10.9 Å². The molecule has 1 aromatic carbocycles. The third-order valence-corrected chi connectivity index (χ3v) is 2.09. The van der Waals surface area contributed by atoms with E-state index in [1.807, 2.05) is 30.3 Å². The zero-order valence-electron chi connectivity index (χ0n) is 7.44. The van der Waals surface area contributed by atoms with Crippen molar-refractivity contribution in [1.82, 2.24) is 4.98 Å². The molecule has 1 unspecified atom stereocenters. The van der Waals surface area contributed by atoms with E-state index in [-0.39, 0.29) is 0 Å². The summed E-state index contributed by atoms with van der Waals surface area (Å²) in [5.41, 5.74) is 1.82. The number of hydrogen-bond donors (Lipinski definition) is 1. The second kappa shape index (κ2) is 3.15. The molecule has 0 spiro atoms. The fourth-order valence-electron chi connectivity index (χ4n) is 1.32. The van der Waals surface area contributed by atoms with E-state index in [1.54, 1.807) is 13.1 Å². The minimum Gasteiger partial charge on any atom is -0.389 e. The van der Waals surface area contributed by atoms with E-state index in [0.717, 1.165) is 16.5 Å². The van der Waals surface area contributed by atoms with Gasteiger partial charge in [0.1, 0.15) is 0 Å². The summed E-state index contributed by atoms with van der Waals surface area (Å²) in [5.74, 6) is 0. The first-order chi connectivity index (χ1) is 6.27. The number of benzene rings is 1. The number of hydrogen-bond acceptors (Lipinski definition) is 2. The van der Waals surface area contributed by atoms with E-state index < -0.39 is 6.10 Å². The monoisotopic (exact) mass is 173 g/mol. The topological polar surface area (TPSA) is 33.1 Å². The average molecular weight is 173 g/mol. The minimum atomic E-state index is -0.447. The summed E-state index contributed by atoms with van der Waals surface area (Å²) in [4.78, 5) is 4.24. The van der Waals surface area contributed by atoms with Crippen molar-refractivity contribution in [2.75, 3.05) is 0 Å². The molecule has 0 amide bonds. The molecule has 2 heteroatoms. The number of aromatic nitrogens is 1. The van der Waals surface area contributed by atoms with Crippen LogP contribution in [0.15, 0.2) is 36.5 Å². The van der Waals surface area contributed by atoms with Gasteiger partial charge in [0.15, 0.2) is 0 Å². The molecule has 2 rings (SSSR count). The van der Waals surface area contributed by atoms with Gasteiger partial charge in [-0.3, -0.25) is 4.98 Å². The normalized spacial score (nSPS) is 13.1. The van der Waals surface area contributed by atoms with E-state index in [2.05, 4.69) is 4.98 Å². The highest BCUT2D eigenvalue weighted by Gasteiger charge is 2.01. The first kappa shape index (κ1) is 8.20. The number of rotatable bonds is 1. The number of aliphatic hydroxyl groups is 1. The van der Waals surface area contributed by atoms with Gasteiger partial charge in [0.25, 0.3) is 0 Å². The molecule has 2 aromatic rings. The maximum Gasteiger partial charge on any atom is 0.0777 e. The highest BCUT2D eigenvalue weighted by molar-refractivity contribution is 5.78. The molecule has 66 valence electrons. The molecule has 1 atom stereocenters. The molecule has 0 bridgehead atoms. The van der Waals surface area contributed by atoms with Gasteiger partial charge in [-0.1, -0.05) is 18.2 Å². The number of aliphatic hydroxyl groups excluding tert-OH is 1. The van der Waals surface area contributed by atoms with Crippen LogP contribution in [0, 0.1) is 0 Å². The van der Waals surface area contributed by atoms with Crippen LogP contribution >= 0.6 is 0 Å². The molecule has 0 saturated carbocycles. The highest BCUT2D eigenvalue weighted by atomic mass is 16.3. The van der Waals surface area contributed by atoms with Crippen molar-refractivity contribution in [3.8, 4) is 0 Å². The summed E-state index contributed by atoms with van der Waals surface area (Å²) in [5, 5.41) is 10.4. The van der Waals surface area contributed by atoms with Gasteiger partial charge in [0, 0.05) is 11.6 Å². The quantitative estimate of drug-likeness (QED) is 0.717. The van der Waals surface area contributed by atoms with Crippen molar-refractivity contribution in [2.24, 2.45) is 0 Å². The Morgan fingerprint density at radius 2 is 2.08 bits per heavy atom. The molecule has 2 nitrogen and oxygen atoms in total. The van der Waals surface area contributed by atoms with Gasteiger partial charge in [-0.25, -0.2) is 0 Å². The van der Waals surface area contributed by atoms with Crippen LogP contribution in [-0.2, 0) is 0 Å². The number of pyridine rings is 1. The lowest BCUT2D eigenvalue weighted by Crippen LogP contribution is -1.91. The Morgan fingerprint density at radius 3 is 2.85 bits per heavy atom. The lowest BCUT2D eigenvalue weighted by molar-refractivity contribution is 0.199. The first-order valence-electron chi connectivity index (χ1n) is 4.30. The van der Waals surface area contributed by atoms with E-state index in [1.165, 1.54) is 0 Å². The molecule has 0 radical (unpaired) electrons. The molecule has 1 N–H and O–H groups in total. The van der Waals surface area contributed by atoms with Crippen molar-refractivity contribution in [2.45, 2.75) is 13.0 Å². The van der Waals surface area contributed by atoms with Crippen LogP contribution in [0.5, 0.6) is 0 Å². The molecule has 1 heterocycles. The van der Waals surface area contributed by atoms with Crippen molar-refractivity contribution in [3.63, 3.8) is 0 Å². The summed E-state index contributed by atoms with van der Waals surface area (Å²) in [7, 11) is 0. The van der Waals surface area contributed by atoms with Crippen molar-refractivity contribution in [1.29, 1.82) is 0 Å². The summed E-state index contributed by atoms with van der Waals surface area (Å²) in [6.45, 7) is 1.74. The van der Waals surface area contributed by atoms with Gasteiger partial charge >= 0.3 is 0 Å². The second-order valence-corrected chi connectivity index (χ2v) is 3.14. The smallest absolute Gasteiger partial charge is 0.0777 e. The number of para-hydroxylation sites is 1. The van der Waals surface area contributed by atoms with Gasteiger partial charge < -0.3 is 5.11 Å². The van der Waals surface area contributed by atoms with Gasteiger partial charge in [-0.05, 0) is 24.6 Å². The van der Waals surface area contributed by atoms with Crippen LogP contribution in [0.25, 0.3) is 10.9 Å². The van der Waals surface area contributed by atoms with E-state index in [4.69, 9.17) is 0 Å². The summed E-state index contributed by atoms with van der Waals surface area (Å²) in [6.07, 6.45) is 1.27. The van der Waals surface area contributed by atoms with Crippen molar-refractivity contribution < 1.29 is 5.11 Å². The molecule has 0 aliphatic heterocycles. The Labute approximate surface area is 76.9 Å². The van der Waals surface area contributed by atoms with Gasteiger partial charge in [-0.2, -0.15) is 0 Å². The second-order valence-electron chi connectivity index (χ2n) is 3.14. The lowest BCUT2D eigenvalue weighted by Gasteiger charge is -2.04. The van der Waals surface area contributed by atoms with E-state index in [0.29, 0.717) is 0 Å². The molecule has 0 aliphatic rings. The molecule has 0 fully saturated rings. The summed E-state index contributed by atoms with van der Waals surface area (Å²) < 4.78 is 0. The number of nitrogens with zero attached hydrogens (tertiary/aromatic N) is 1. The van der Waals surface area contributed by atoms with E-state index >= 15 is 0 Å². The molecular weight excluding hydrogens is 162 g/mol. The molecular formula is C11H11NO. The zero-order chi connectivity index (χ0) is 9.26. The summed E-state index contributed by atoms with van der Waals surface area (Å²) in [6, 6.07) is 9.84. The largest absolute Gasteiger partial charge is 0.389 e. The Bertz CT molecular complexity index is 423. The van der Waals surface area contributed by atoms with E-state index in [9.17, 15) is 5.11 Å². The minimum absolute atomic E-state index is 0.447. The first-order valence-corrected chi connectivity index (χ1v) is 4.30. The standard InChI is InChI=1S/C11H11NO/c1-8(13)10-6-9-4-2-3-5-11(9)12-7-10/h2-8,13H,1H3. The van der Waals surface area contributed by atoms with Crippen LogP contribution in [0.3, 0.4) is 0 Å². The van der Waals surface area contributed by atoms with Crippen LogP contribution in [0.1, 0.15) is 18.6 Å². The Morgan fingerprint density at radius 1 is 1.31 bits per heavy atom. The SMILES string of the molecule is CC(O)c1cnc2ccccc2c1.